The zero-order valence-corrected chi connectivity index (χ0v) is 21.8. The summed E-state index contributed by atoms with van der Waals surface area (Å²) in [6.07, 6.45) is 8.80. The average molecular weight is 502 g/mol. The number of hydroxylamine groups is 1. The van der Waals surface area contributed by atoms with E-state index in [9.17, 15) is 15.1 Å². The normalized spacial score (nSPS) is 19.7. The number of amides is 1. The van der Waals surface area contributed by atoms with Gasteiger partial charge in [0.25, 0.3) is 0 Å². The summed E-state index contributed by atoms with van der Waals surface area (Å²) in [5, 5.41) is 22.5. The number of nitrogens with one attached hydrogen (secondary N) is 1. The van der Waals surface area contributed by atoms with Crippen molar-refractivity contribution in [3.8, 4) is 5.75 Å². The minimum Gasteiger partial charge on any atom is -0.497 e. The SMILES string of the molecule is COc1ccc2ncc(C)c(C(O)CCC3(C(=O)NO)CCN(CCSC4CCCC4)CC3)c2c1. The first-order valence-corrected chi connectivity index (χ1v) is 13.9. The fourth-order valence-corrected chi connectivity index (χ4v) is 7.10. The van der Waals surface area contributed by atoms with E-state index in [1.165, 1.54) is 25.7 Å². The van der Waals surface area contributed by atoms with Crippen molar-refractivity contribution in [1.82, 2.24) is 15.4 Å². The Morgan fingerprint density at radius 3 is 2.74 bits per heavy atom. The van der Waals surface area contributed by atoms with Crippen LogP contribution in [0, 0.1) is 12.3 Å². The number of carbonyl (C=O) groups is 1. The molecule has 7 nitrogen and oxygen atoms in total. The number of aliphatic hydroxyl groups excluding tert-OH is 1. The van der Waals surface area contributed by atoms with Crippen LogP contribution in [0.15, 0.2) is 24.4 Å². The summed E-state index contributed by atoms with van der Waals surface area (Å²) in [5.41, 5.74) is 3.80. The van der Waals surface area contributed by atoms with Gasteiger partial charge in [0.2, 0.25) is 5.91 Å². The first-order chi connectivity index (χ1) is 17.0. The van der Waals surface area contributed by atoms with Crippen LogP contribution < -0.4 is 10.2 Å². The van der Waals surface area contributed by atoms with Gasteiger partial charge in [0.05, 0.1) is 24.1 Å². The van der Waals surface area contributed by atoms with Gasteiger partial charge in [-0.25, -0.2) is 5.48 Å². The van der Waals surface area contributed by atoms with E-state index in [0.717, 1.165) is 52.7 Å². The number of fused-ring (bicyclic) bond motifs is 1. The Labute approximate surface area is 212 Å². The average Bonchev–Trinajstić information content (AvgIpc) is 3.40. The van der Waals surface area contributed by atoms with Gasteiger partial charge in [0.1, 0.15) is 5.75 Å². The fraction of sp³-hybridized carbons (Fsp3) is 0.630. The van der Waals surface area contributed by atoms with Crippen LogP contribution >= 0.6 is 11.8 Å². The molecular weight excluding hydrogens is 462 g/mol. The van der Waals surface area contributed by atoms with Crippen LogP contribution in [0.2, 0.25) is 0 Å². The largest absolute Gasteiger partial charge is 0.497 e. The molecule has 1 unspecified atom stereocenters. The summed E-state index contributed by atoms with van der Waals surface area (Å²) in [6, 6.07) is 5.67. The Bertz CT molecular complexity index is 1000. The molecule has 1 amide bonds. The molecule has 35 heavy (non-hydrogen) atoms. The summed E-state index contributed by atoms with van der Waals surface area (Å²) < 4.78 is 5.38. The van der Waals surface area contributed by atoms with E-state index >= 15 is 0 Å². The Hall–Kier alpha value is -1.87. The number of benzene rings is 1. The van der Waals surface area contributed by atoms with Crippen molar-refractivity contribution in [2.24, 2.45) is 5.41 Å². The van der Waals surface area contributed by atoms with Crippen molar-refractivity contribution >= 4 is 28.6 Å². The third-order valence-corrected chi connectivity index (χ3v) is 9.37. The zero-order valence-electron chi connectivity index (χ0n) is 21.0. The summed E-state index contributed by atoms with van der Waals surface area (Å²) in [5.74, 6) is 1.52. The molecule has 0 bridgehead atoms. The molecular formula is C27H39N3O4S. The number of rotatable bonds is 10. The van der Waals surface area contributed by atoms with E-state index in [1.807, 2.05) is 30.6 Å². The van der Waals surface area contributed by atoms with E-state index in [1.54, 1.807) is 13.3 Å². The summed E-state index contributed by atoms with van der Waals surface area (Å²) in [7, 11) is 1.62. The predicted molar refractivity (Wildman–Crippen MR) is 140 cm³/mol. The van der Waals surface area contributed by atoms with Gasteiger partial charge >= 0.3 is 0 Å². The molecule has 1 aromatic carbocycles. The Morgan fingerprint density at radius 2 is 2.06 bits per heavy atom. The van der Waals surface area contributed by atoms with Crippen LogP contribution in [0.3, 0.4) is 0 Å². The van der Waals surface area contributed by atoms with Crippen LogP contribution in [0.5, 0.6) is 5.75 Å². The quantitative estimate of drug-likeness (QED) is 0.323. The second-order valence-corrected chi connectivity index (χ2v) is 11.5. The molecule has 0 spiro atoms. The molecule has 1 atom stereocenters. The summed E-state index contributed by atoms with van der Waals surface area (Å²) in [4.78, 5) is 19.7. The minimum absolute atomic E-state index is 0.331. The van der Waals surface area contributed by atoms with Gasteiger partial charge in [0.15, 0.2) is 0 Å². The minimum atomic E-state index is -0.739. The third-order valence-electron chi connectivity index (χ3n) is 8.01. The molecule has 8 heteroatoms. The molecule has 1 aromatic heterocycles. The maximum absolute atomic E-state index is 12.8. The van der Waals surface area contributed by atoms with E-state index in [4.69, 9.17) is 4.74 Å². The number of pyridine rings is 1. The molecule has 2 aromatic rings. The molecule has 2 aliphatic rings. The number of aromatic nitrogens is 1. The van der Waals surface area contributed by atoms with Gasteiger partial charge in [-0.3, -0.25) is 15.0 Å². The molecule has 4 rings (SSSR count). The van der Waals surface area contributed by atoms with Gasteiger partial charge in [-0.1, -0.05) is 12.8 Å². The smallest absolute Gasteiger partial charge is 0.249 e. The maximum Gasteiger partial charge on any atom is 0.249 e. The Balaban J connectivity index is 1.40. The Kier molecular flexibility index (Phi) is 8.92. The molecule has 2 heterocycles. The fourth-order valence-electron chi connectivity index (χ4n) is 5.74. The highest BCUT2D eigenvalue weighted by Gasteiger charge is 2.41. The van der Waals surface area contributed by atoms with E-state index in [2.05, 4.69) is 21.6 Å². The zero-order chi connectivity index (χ0) is 24.8. The monoisotopic (exact) mass is 501 g/mol. The first kappa shape index (κ1) is 26.2. The van der Waals surface area contributed by atoms with Crippen LogP contribution in [-0.2, 0) is 4.79 Å². The predicted octanol–water partition coefficient (Wildman–Crippen LogP) is 4.63. The Morgan fingerprint density at radius 1 is 1.31 bits per heavy atom. The van der Waals surface area contributed by atoms with Gasteiger partial charge < -0.3 is 14.7 Å². The number of nitrogens with zero attached hydrogens (tertiary/aromatic N) is 2. The topological polar surface area (TPSA) is 94.9 Å². The lowest BCUT2D eigenvalue weighted by Crippen LogP contribution is -2.48. The molecule has 1 aliphatic carbocycles. The van der Waals surface area contributed by atoms with Crippen molar-refractivity contribution < 1.29 is 19.8 Å². The van der Waals surface area contributed by atoms with Gasteiger partial charge in [-0.15, -0.1) is 0 Å². The van der Waals surface area contributed by atoms with Crippen molar-refractivity contribution in [3.63, 3.8) is 0 Å². The summed E-state index contributed by atoms with van der Waals surface area (Å²) in [6.45, 7) is 4.67. The number of piperidine rings is 1. The number of ether oxygens (including phenoxy) is 1. The number of hydrogen-bond donors (Lipinski definition) is 3. The van der Waals surface area contributed by atoms with Crippen LogP contribution in [0.25, 0.3) is 10.9 Å². The molecule has 1 aliphatic heterocycles. The molecule has 192 valence electrons. The maximum atomic E-state index is 12.8. The lowest BCUT2D eigenvalue weighted by atomic mass is 9.73. The number of methoxy groups -OCH3 is 1. The standard InChI is InChI=1S/C27H39N3O4S/c1-19-18-28-23-8-7-20(34-2)17-22(23)25(19)24(31)9-10-27(26(32)29-33)11-13-30(14-12-27)15-16-35-21-5-3-4-6-21/h7-8,17-18,21,24,31,33H,3-6,9-16H2,1-2H3,(H,29,32). The van der Waals surface area contributed by atoms with Gasteiger partial charge in [-0.2, -0.15) is 11.8 Å². The number of hydrogen-bond acceptors (Lipinski definition) is 7. The first-order valence-electron chi connectivity index (χ1n) is 12.9. The molecule has 3 N–H and O–H groups in total. The van der Waals surface area contributed by atoms with Crippen LogP contribution in [0.1, 0.15) is 68.6 Å². The second kappa shape index (κ2) is 11.9. The third kappa shape index (κ3) is 6.10. The number of carbonyl (C=O) groups excluding carboxylic acids is 1. The lowest BCUT2D eigenvalue weighted by Gasteiger charge is -2.40. The molecule has 2 fully saturated rings. The molecule has 1 saturated heterocycles. The van der Waals surface area contributed by atoms with Crippen molar-refractivity contribution in [2.75, 3.05) is 32.5 Å². The highest BCUT2D eigenvalue weighted by Crippen LogP contribution is 2.40. The number of aryl methyl sites for hydroxylation is 1. The summed E-state index contributed by atoms with van der Waals surface area (Å²) >= 11 is 2.10. The van der Waals surface area contributed by atoms with E-state index < -0.39 is 11.5 Å². The number of thioether (sulfide) groups is 1. The number of likely N-dealkylation sites (tertiary alicyclic amines) is 1. The van der Waals surface area contributed by atoms with Crippen LogP contribution in [-0.4, -0.2) is 63.9 Å². The highest BCUT2D eigenvalue weighted by molar-refractivity contribution is 7.99. The van der Waals surface area contributed by atoms with E-state index in [-0.39, 0.29) is 5.91 Å². The van der Waals surface area contributed by atoms with Gasteiger partial charge in [0, 0.05) is 29.1 Å². The van der Waals surface area contributed by atoms with Crippen molar-refractivity contribution in [3.05, 3.63) is 35.5 Å². The molecule has 0 radical (unpaired) electrons. The van der Waals surface area contributed by atoms with Crippen molar-refractivity contribution in [2.45, 2.75) is 69.6 Å². The van der Waals surface area contributed by atoms with Gasteiger partial charge in [-0.05, 0) is 87.9 Å². The highest BCUT2D eigenvalue weighted by atomic mass is 32.2. The van der Waals surface area contributed by atoms with Crippen molar-refractivity contribution in [1.29, 1.82) is 0 Å². The lowest BCUT2D eigenvalue weighted by molar-refractivity contribution is -0.143. The van der Waals surface area contributed by atoms with E-state index in [0.29, 0.717) is 31.4 Å². The second-order valence-electron chi connectivity index (χ2n) is 10.1. The molecule has 1 saturated carbocycles. The van der Waals surface area contributed by atoms with Crippen LogP contribution in [0.4, 0.5) is 0 Å². The number of aliphatic hydroxyl groups is 1.